The van der Waals surface area contributed by atoms with Crippen LogP contribution in [0.5, 0.6) is 0 Å². The maximum Gasteiger partial charge on any atom is 0.0724 e. The van der Waals surface area contributed by atoms with E-state index in [4.69, 9.17) is 0 Å². The molecule has 0 fully saturated rings. The number of rotatable bonds is 4. The van der Waals surface area contributed by atoms with Gasteiger partial charge < -0.3 is 9.13 Å². The second-order valence-corrected chi connectivity index (χ2v) is 14.4. The van der Waals surface area contributed by atoms with Gasteiger partial charge in [-0.1, -0.05) is 115 Å². The lowest BCUT2D eigenvalue weighted by Crippen LogP contribution is -1.94. The lowest BCUT2D eigenvalue weighted by atomic mass is 9.94. The highest BCUT2D eigenvalue weighted by atomic mass is 15.0. The highest BCUT2D eigenvalue weighted by Crippen LogP contribution is 2.49. The summed E-state index contributed by atoms with van der Waals surface area (Å²) in [6.45, 7) is 0. The zero-order valence-electron chi connectivity index (χ0n) is 29.2. The first-order valence-corrected chi connectivity index (χ1v) is 18.5. The van der Waals surface area contributed by atoms with Crippen LogP contribution in [0, 0.1) is 0 Å². The zero-order valence-corrected chi connectivity index (χ0v) is 29.2. The van der Waals surface area contributed by atoms with Gasteiger partial charge in [-0.2, -0.15) is 0 Å². The first-order valence-electron chi connectivity index (χ1n) is 18.5. The Morgan fingerprint density at radius 2 is 0.852 bits per heavy atom. The highest BCUT2D eigenvalue weighted by molar-refractivity contribution is 6.19. The summed E-state index contributed by atoms with van der Waals surface area (Å²) in [5.41, 5.74) is 17.1. The van der Waals surface area contributed by atoms with Crippen molar-refractivity contribution in [3.8, 4) is 55.9 Å². The average Bonchev–Trinajstić information content (AvgIpc) is 3.88. The Morgan fingerprint density at radius 3 is 1.61 bits per heavy atom. The van der Waals surface area contributed by atoms with Gasteiger partial charge in [0.15, 0.2) is 0 Å². The van der Waals surface area contributed by atoms with Gasteiger partial charge in [0.1, 0.15) is 0 Å². The number of hydrogen-bond acceptors (Lipinski definition) is 1. The summed E-state index contributed by atoms with van der Waals surface area (Å²) < 4.78 is 4.72. The third kappa shape index (κ3) is 4.09. The van der Waals surface area contributed by atoms with Gasteiger partial charge >= 0.3 is 0 Å². The van der Waals surface area contributed by atoms with Crippen LogP contribution in [0.2, 0.25) is 0 Å². The van der Waals surface area contributed by atoms with E-state index < -0.39 is 0 Å². The van der Waals surface area contributed by atoms with Crippen molar-refractivity contribution in [2.24, 2.45) is 0 Å². The molecule has 3 aromatic heterocycles. The molecule has 0 saturated heterocycles. The average molecular weight is 686 g/mol. The summed E-state index contributed by atoms with van der Waals surface area (Å²) >= 11 is 0. The standard InChI is InChI=1S/C51H31N3/c1-2-9-35(10-3-1)53-47-16-7-6-13-40(47)45-29-33(19-25-48(45)53)34-20-26-49-46(30-34)41-27-28-52-31-50(41)54(49)36-21-17-32(18-22-36)37-23-24-44-39-12-5-4-11-38(39)43-15-8-14-42(37)51(43)44/h1-31H. The van der Waals surface area contributed by atoms with Gasteiger partial charge in [-0.3, -0.25) is 4.98 Å². The van der Waals surface area contributed by atoms with Gasteiger partial charge in [0.25, 0.3) is 0 Å². The molecule has 8 aromatic carbocycles. The molecule has 0 spiro atoms. The molecule has 3 heterocycles. The summed E-state index contributed by atoms with van der Waals surface area (Å²) in [5.74, 6) is 0. The molecule has 12 rings (SSSR count). The number of para-hydroxylation sites is 2. The lowest BCUT2D eigenvalue weighted by molar-refractivity contribution is 1.17. The topological polar surface area (TPSA) is 22.8 Å². The fourth-order valence-corrected chi connectivity index (χ4v) is 9.18. The molecule has 0 saturated carbocycles. The van der Waals surface area contributed by atoms with Crippen LogP contribution in [-0.4, -0.2) is 14.1 Å². The molecule has 0 N–H and O–H groups in total. The predicted molar refractivity (Wildman–Crippen MR) is 226 cm³/mol. The Hall–Kier alpha value is -7.23. The summed E-state index contributed by atoms with van der Waals surface area (Å²) in [5, 5.41) is 7.57. The van der Waals surface area contributed by atoms with E-state index in [0.29, 0.717) is 0 Å². The number of fused-ring (bicyclic) bond motifs is 9. The van der Waals surface area contributed by atoms with Gasteiger partial charge in [-0.25, -0.2) is 0 Å². The second-order valence-electron chi connectivity index (χ2n) is 14.4. The van der Waals surface area contributed by atoms with Crippen LogP contribution in [0.4, 0.5) is 0 Å². The molecule has 54 heavy (non-hydrogen) atoms. The van der Waals surface area contributed by atoms with Crippen molar-refractivity contribution < 1.29 is 0 Å². The van der Waals surface area contributed by atoms with E-state index in [9.17, 15) is 0 Å². The maximum atomic E-state index is 4.58. The second kappa shape index (κ2) is 11.1. The predicted octanol–water partition coefficient (Wildman–Crippen LogP) is 13.4. The summed E-state index contributed by atoms with van der Waals surface area (Å²) in [4.78, 5) is 4.58. The van der Waals surface area contributed by atoms with E-state index in [1.807, 2.05) is 12.4 Å². The highest BCUT2D eigenvalue weighted by Gasteiger charge is 2.22. The van der Waals surface area contributed by atoms with Crippen LogP contribution < -0.4 is 0 Å². The van der Waals surface area contributed by atoms with Gasteiger partial charge in [0.05, 0.1) is 28.3 Å². The van der Waals surface area contributed by atoms with Gasteiger partial charge in [0.2, 0.25) is 0 Å². The van der Waals surface area contributed by atoms with Crippen LogP contribution in [-0.2, 0) is 0 Å². The molecule has 3 heteroatoms. The normalized spacial score (nSPS) is 12.1. The van der Waals surface area contributed by atoms with Crippen LogP contribution in [0.25, 0.3) is 110 Å². The summed E-state index contributed by atoms with van der Waals surface area (Å²) in [6, 6.07) is 64.4. The Labute approximate surface area is 311 Å². The third-order valence-corrected chi connectivity index (χ3v) is 11.6. The Kier molecular flexibility index (Phi) is 6.05. The quantitative estimate of drug-likeness (QED) is 0.181. The minimum absolute atomic E-state index is 1.10. The molecule has 0 bridgehead atoms. The molecule has 0 atom stereocenters. The van der Waals surface area contributed by atoms with E-state index in [1.54, 1.807) is 0 Å². The minimum atomic E-state index is 1.10. The molecule has 0 unspecified atom stereocenters. The van der Waals surface area contributed by atoms with E-state index in [1.165, 1.54) is 99.1 Å². The minimum Gasteiger partial charge on any atom is -0.309 e. The van der Waals surface area contributed by atoms with Crippen molar-refractivity contribution >= 4 is 54.4 Å². The van der Waals surface area contributed by atoms with Crippen molar-refractivity contribution in [2.45, 2.75) is 0 Å². The van der Waals surface area contributed by atoms with Crippen molar-refractivity contribution in [3.63, 3.8) is 0 Å². The van der Waals surface area contributed by atoms with Crippen LogP contribution >= 0.6 is 0 Å². The van der Waals surface area contributed by atoms with Crippen LogP contribution in [0.1, 0.15) is 0 Å². The molecule has 1 aliphatic carbocycles. The largest absolute Gasteiger partial charge is 0.309 e. The van der Waals surface area contributed by atoms with E-state index in [2.05, 4.69) is 190 Å². The van der Waals surface area contributed by atoms with Gasteiger partial charge in [-0.15, -0.1) is 0 Å². The van der Waals surface area contributed by atoms with Crippen LogP contribution in [0.15, 0.2) is 188 Å². The Balaban J connectivity index is 0.971. The van der Waals surface area contributed by atoms with Gasteiger partial charge in [-0.05, 0) is 116 Å². The monoisotopic (exact) mass is 685 g/mol. The third-order valence-electron chi connectivity index (χ3n) is 11.6. The molecular formula is C51H31N3. The van der Waals surface area contributed by atoms with Crippen molar-refractivity contribution in [1.82, 2.24) is 14.1 Å². The van der Waals surface area contributed by atoms with Crippen molar-refractivity contribution in [2.75, 3.05) is 0 Å². The molecular weight excluding hydrogens is 655 g/mol. The number of hydrogen-bond donors (Lipinski definition) is 0. The smallest absolute Gasteiger partial charge is 0.0724 e. The molecule has 250 valence electrons. The van der Waals surface area contributed by atoms with E-state index in [-0.39, 0.29) is 0 Å². The first kappa shape index (κ1) is 29.4. The van der Waals surface area contributed by atoms with E-state index in [0.717, 1.165) is 11.2 Å². The maximum absolute atomic E-state index is 4.58. The fraction of sp³-hybridized carbons (Fsp3) is 0. The molecule has 0 radical (unpaired) electrons. The molecule has 0 aliphatic heterocycles. The summed E-state index contributed by atoms with van der Waals surface area (Å²) in [6.07, 6.45) is 3.90. The van der Waals surface area contributed by atoms with Crippen molar-refractivity contribution in [1.29, 1.82) is 0 Å². The number of aromatic nitrogens is 3. The molecule has 1 aliphatic rings. The molecule has 11 aromatic rings. The number of pyridine rings is 1. The van der Waals surface area contributed by atoms with Gasteiger partial charge in [0, 0.05) is 39.1 Å². The first-order chi connectivity index (χ1) is 26.8. The SMILES string of the molecule is c1ccc(-n2c3ccccc3c3cc(-c4ccc5c(c4)c4ccncc4n5-c4ccc(-c5ccc6c7c(cccc57)-c5ccccc5-6)cc4)ccc32)cc1. The van der Waals surface area contributed by atoms with Crippen molar-refractivity contribution in [3.05, 3.63) is 188 Å². The number of nitrogens with zero attached hydrogens (tertiary/aromatic N) is 3. The van der Waals surface area contributed by atoms with E-state index >= 15 is 0 Å². The molecule has 0 amide bonds. The Bertz CT molecular complexity index is 3280. The Morgan fingerprint density at radius 1 is 0.315 bits per heavy atom. The number of benzene rings is 8. The lowest BCUT2D eigenvalue weighted by Gasteiger charge is -2.12. The molecule has 3 nitrogen and oxygen atoms in total. The fourth-order valence-electron chi connectivity index (χ4n) is 9.18. The summed E-state index contributed by atoms with van der Waals surface area (Å²) in [7, 11) is 0. The zero-order chi connectivity index (χ0) is 35.3. The van der Waals surface area contributed by atoms with Crippen LogP contribution in [0.3, 0.4) is 0 Å².